The molecule has 2 amide bonds. The van der Waals surface area contributed by atoms with Crippen molar-refractivity contribution in [3.63, 3.8) is 0 Å². The molecule has 0 aliphatic carbocycles. The maximum Gasteiger partial charge on any atom is 0.251 e. The van der Waals surface area contributed by atoms with Crippen LogP contribution in [0.5, 0.6) is 5.75 Å². The van der Waals surface area contributed by atoms with Crippen LogP contribution in [-0.4, -0.2) is 38.8 Å². The molecule has 0 saturated heterocycles. The van der Waals surface area contributed by atoms with Gasteiger partial charge in [0.2, 0.25) is 5.91 Å². The number of anilines is 1. The number of para-hydroxylation sites is 1. The number of carbonyl (C=O) groups is 2. The van der Waals surface area contributed by atoms with E-state index < -0.39 is 17.8 Å². The number of hydrogen-bond acceptors (Lipinski definition) is 5. The van der Waals surface area contributed by atoms with E-state index in [1.807, 2.05) is 54.6 Å². The fourth-order valence-electron chi connectivity index (χ4n) is 4.39. The number of aromatic nitrogens is 3. The Balaban J connectivity index is 1.53. The summed E-state index contributed by atoms with van der Waals surface area (Å²) in [6.07, 6.45) is 0. The van der Waals surface area contributed by atoms with E-state index in [4.69, 9.17) is 4.74 Å². The highest BCUT2D eigenvalue weighted by atomic mass is 19.1. The second-order valence-electron chi connectivity index (χ2n) is 8.92. The Labute approximate surface area is 224 Å². The molecule has 5 aromatic rings. The van der Waals surface area contributed by atoms with E-state index in [1.54, 1.807) is 37.4 Å². The van der Waals surface area contributed by atoms with Crippen LogP contribution in [0.3, 0.4) is 0 Å². The molecule has 5 rings (SSSR count). The predicted molar refractivity (Wildman–Crippen MR) is 145 cm³/mol. The number of benzene rings is 4. The van der Waals surface area contributed by atoms with Gasteiger partial charge in [0, 0.05) is 12.2 Å². The van der Waals surface area contributed by atoms with Crippen LogP contribution in [0.4, 0.5) is 10.1 Å². The molecule has 39 heavy (non-hydrogen) atoms. The molecule has 9 heteroatoms. The van der Waals surface area contributed by atoms with Gasteiger partial charge < -0.3 is 15.0 Å². The van der Waals surface area contributed by atoms with Crippen molar-refractivity contribution in [1.29, 1.82) is 0 Å². The standard InChI is InChI=1S/C30H26FN5O3/c1-39-25-16-14-24(15-17-25)32-30(38)29(22-10-7-11-23(31)18-22)35(19-21-8-3-2-4-9-21)28(37)20-36-27-13-6-5-12-26(27)33-34-36/h2-18,29H,19-20H2,1H3,(H,32,38). The van der Waals surface area contributed by atoms with Gasteiger partial charge >= 0.3 is 0 Å². The molecular weight excluding hydrogens is 497 g/mol. The van der Waals surface area contributed by atoms with E-state index in [0.29, 0.717) is 28.0 Å². The number of fused-ring (bicyclic) bond motifs is 1. The van der Waals surface area contributed by atoms with E-state index in [2.05, 4.69) is 15.6 Å². The fourth-order valence-corrected chi connectivity index (χ4v) is 4.39. The van der Waals surface area contributed by atoms with Crippen molar-refractivity contribution in [2.45, 2.75) is 19.1 Å². The Kier molecular flexibility index (Phi) is 7.58. The number of hydrogen-bond donors (Lipinski definition) is 1. The van der Waals surface area contributed by atoms with Gasteiger partial charge in [-0.3, -0.25) is 9.59 Å². The second kappa shape index (κ2) is 11.6. The molecule has 0 aliphatic heterocycles. The summed E-state index contributed by atoms with van der Waals surface area (Å²) in [5.74, 6) is -0.744. The molecule has 0 aliphatic rings. The molecule has 0 fully saturated rings. The van der Waals surface area contributed by atoms with E-state index in [1.165, 1.54) is 27.8 Å². The Morgan fingerprint density at radius 1 is 0.949 bits per heavy atom. The molecule has 0 radical (unpaired) electrons. The summed E-state index contributed by atoms with van der Waals surface area (Å²) >= 11 is 0. The topological polar surface area (TPSA) is 89.4 Å². The summed E-state index contributed by atoms with van der Waals surface area (Å²) in [5, 5.41) is 11.2. The van der Waals surface area contributed by atoms with Gasteiger partial charge in [0.25, 0.3) is 5.91 Å². The second-order valence-corrected chi connectivity index (χ2v) is 8.92. The molecule has 0 bridgehead atoms. The van der Waals surface area contributed by atoms with Crippen molar-refractivity contribution < 1.29 is 18.7 Å². The number of halogens is 1. The Hall–Kier alpha value is -5.05. The van der Waals surface area contributed by atoms with Gasteiger partial charge in [-0.25, -0.2) is 9.07 Å². The molecule has 196 valence electrons. The third kappa shape index (κ3) is 5.93. The predicted octanol–water partition coefficient (Wildman–Crippen LogP) is 4.99. The average molecular weight is 524 g/mol. The smallest absolute Gasteiger partial charge is 0.251 e. The number of nitrogens with zero attached hydrogens (tertiary/aromatic N) is 4. The summed E-state index contributed by atoms with van der Waals surface area (Å²) in [6.45, 7) is -0.0432. The number of amides is 2. The summed E-state index contributed by atoms with van der Waals surface area (Å²) in [5.41, 5.74) is 3.01. The van der Waals surface area contributed by atoms with Crippen molar-refractivity contribution >= 4 is 28.5 Å². The van der Waals surface area contributed by atoms with E-state index >= 15 is 0 Å². The third-order valence-corrected chi connectivity index (χ3v) is 6.30. The minimum Gasteiger partial charge on any atom is -0.497 e. The Morgan fingerprint density at radius 2 is 1.69 bits per heavy atom. The molecule has 4 aromatic carbocycles. The number of carbonyl (C=O) groups excluding carboxylic acids is 2. The van der Waals surface area contributed by atoms with Gasteiger partial charge in [-0.2, -0.15) is 0 Å². The van der Waals surface area contributed by atoms with Crippen LogP contribution in [0.15, 0.2) is 103 Å². The van der Waals surface area contributed by atoms with Crippen molar-refractivity contribution in [2.75, 3.05) is 12.4 Å². The van der Waals surface area contributed by atoms with E-state index in [0.717, 1.165) is 5.56 Å². The first kappa shape index (κ1) is 25.6. The number of methoxy groups -OCH3 is 1. The number of rotatable bonds is 9. The lowest BCUT2D eigenvalue weighted by Crippen LogP contribution is -2.42. The van der Waals surface area contributed by atoms with Crippen LogP contribution >= 0.6 is 0 Å². The van der Waals surface area contributed by atoms with Crippen LogP contribution in [0.25, 0.3) is 11.0 Å². The third-order valence-electron chi connectivity index (χ3n) is 6.30. The highest BCUT2D eigenvalue weighted by Gasteiger charge is 2.32. The molecule has 1 aromatic heterocycles. The molecule has 8 nitrogen and oxygen atoms in total. The number of ether oxygens (including phenoxy) is 1. The number of nitrogens with one attached hydrogen (secondary N) is 1. The van der Waals surface area contributed by atoms with Crippen molar-refractivity contribution in [1.82, 2.24) is 19.9 Å². The van der Waals surface area contributed by atoms with Crippen LogP contribution in [-0.2, 0) is 22.7 Å². The van der Waals surface area contributed by atoms with E-state index in [-0.39, 0.29) is 19.0 Å². The maximum absolute atomic E-state index is 14.4. The summed E-state index contributed by atoms with van der Waals surface area (Å²) in [4.78, 5) is 29.2. The highest BCUT2D eigenvalue weighted by Crippen LogP contribution is 2.27. The molecule has 1 heterocycles. The zero-order valence-electron chi connectivity index (χ0n) is 21.2. The first-order valence-corrected chi connectivity index (χ1v) is 12.3. The normalized spacial score (nSPS) is 11.6. The first-order chi connectivity index (χ1) is 19.0. The molecule has 0 saturated carbocycles. The largest absolute Gasteiger partial charge is 0.497 e. The SMILES string of the molecule is COc1ccc(NC(=O)C(c2cccc(F)c2)N(Cc2ccccc2)C(=O)Cn2nnc3ccccc32)cc1. The quantitative estimate of drug-likeness (QED) is 0.294. The van der Waals surface area contributed by atoms with Gasteiger partial charge in [-0.05, 0) is 59.7 Å². The zero-order valence-corrected chi connectivity index (χ0v) is 21.2. The lowest BCUT2D eigenvalue weighted by molar-refractivity contribution is -0.140. The molecule has 1 N–H and O–H groups in total. The fraction of sp³-hybridized carbons (Fsp3) is 0.133. The van der Waals surface area contributed by atoms with Crippen LogP contribution in [0.1, 0.15) is 17.2 Å². The monoisotopic (exact) mass is 523 g/mol. The minimum atomic E-state index is -1.13. The van der Waals surface area contributed by atoms with Crippen LogP contribution in [0.2, 0.25) is 0 Å². The summed E-state index contributed by atoms with van der Waals surface area (Å²) in [7, 11) is 1.55. The lowest BCUT2D eigenvalue weighted by atomic mass is 10.0. The van der Waals surface area contributed by atoms with E-state index in [9.17, 15) is 14.0 Å². The van der Waals surface area contributed by atoms with Gasteiger partial charge in [0.15, 0.2) is 0 Å². The first-order valence-electron chi connectivity index (χ1n) is 12.3. The lowest BCUT2D eigenvalue weighted by Gasteiger charge is -2.31. The minimum absolute atomic E-state index is 0.115. The Bertz CT molecular complexity index is 1590. The molecule has 0 spiro atoms. The summed E-state index contributed by atoms with van der Waals surface area (Å²) < 4.78 is 21.1. The van der Waals surface area contributed by atoms with Crippen molar-refractivity contribution in [3.8, 4) is 5.75 Å². The van der Waals surface area contributed by atoms with Crippen molar-refractivity contribution in [2.24, 2.45) is 0 Å². The van der Waals surface area contributed by atoms with Gasteiger partial charge in [0.05, 0.1) is 12.6 Å². The molecule has 1 atom stereocenters. The van der Waals surface area contributed by atoms with Gasteiger partial charge in [-0.15, -0.1) is 5.10 Å². The maximum atomic E-state index is 14.4. The molecular formula is C30H26FN5O3. The summed E-state index contributed by atoms with van der Waals surface area (Å²) in [6, 6.07) is 28.1. The average Bonchev–Trinajstić information content (AvgIpc) is 3.36. The molecule has 1 unspecified atom stereocenters. The Morgan fingerprint density at radius 3 is 2.44 bits per heavy atom. The van der Waals surface area contributed by atoms with Gasteiger partial charge in [-0.1, -0.05) is 59.8 Å². The zero-order chi connectivity index (χ0) is 27.2. The highest BCUT2D eigenvalue weighted by molar-refractivity contribution is 5.98. The van der Waals surface area contributed by atoms with Gasteiger partial charge in [0.1, 0.15) is 29.7 Å². The van der Waals surface area contributed by atoms with Crippen LogP contribution < -0.4 is 10.1 Å². The van der Waals surface area contributed by atoms with Crippen LogP contribution in [0, 0.1) is 5.82 Å². The van der Waals surface area contributed by atoms with Crippen molar-refractivity contribution in [3.05, 3.63) is 120 Å².